The van der Waals surface area contributed by atoms with E-state index in [1.54, 1.807) is 0 Å². The predicted octanol–water partition coefficient (Wildman–Crippen LogP) is 2.53. The summed E-state index contributed by atoms with van der Waals surface area (Å²) in [5, 5.41) is 0. The molecular weight excluding hydrogens is 196 g/mol. The van der Waals surface area contributed by atoms with Crippen LogP contribution in [0.15, 0.2) is 24.3 Å². The normalized spacial score (nSPS) is 21.3. The molecule has 1 aromatic rings. The van der Waals surface area contributed by atoms with Gasteiger partial charge in [0.2, 0.25) is 0 Å². The zero-order valence-electron chi connectivity index (χ0n) is 10.6. The first-order valence-electron chi connectivity index (χ1n) is 6.23. The van der Waals surface area contributed by atoms with Gasteiger partial charge in [0.15, 0.2) is 0 Å². The molecule has 1 aromatic carbocycles. The standard InChI is InChI=1S/C14H22N2/c1-4-16(13-9-10-15(3)11-13)14-8-6-5-7-12(14)2/h5-8,13H,4,9-11H2,1-3H3. The molecule has 1 aliphatic heterocycles. The highest BCUT2D eigenvalue weighted by Gasteiger charge is 2.25. The number of nitrogens with zero attached hydrogens (tertiary/aromatic N) is 2. The van der Waals surface area contributed by atoms with Crippen molar-refractivity contribution in [3.8, 4) is 0 Å². The second-order valence-corrected chi connectivity index (χ2v) is 4.78. The fourth-order valence-electron chi connectivity index (χ4n) is 2.68. The van der Waals surface area contributed by atoms with Crippen LogP contribution < -0.4 is 4.90 Å². The fourth-order valence-corrected chi connectivity index (χ4v) is 2.68. The van der Waals surface area contributed by atoms with Crippen molar-refractivity contribution < 1.29 is 0 Å². The molecule has 0 bridgehead atoms. The number of aryl methyl sites for hydroxylation is 1. The number of likely N-dealkylation sites (N-methyl/N-ethyl adjacent to an activating group) is 2. The second kappa shape index (κ2) is 4.88. The summed E-state index contributed by atoms with van der Waals surface area (Å²) in [5.74, 6) is 0. The van der Waals surface area contributed by atoms with Crippen LogP contribution in [0.2, 0.25) is 0 Å². The van der Waals surface area contributed by atoms with Gasteiger partial charge in [0.05, 0.1) is 0 Å². The van der Waals surface area contributed by atoms with E-state index in [0.29, 0.717) is 6.04 Å². The minimum absolute atomic E-state index is 0.691. The van der Waals surface area contributed by atoms with Crippen LogP contribution in [-0.2, 0) is 0 Å². The van der Waals surface area contributed by atoms with Crippen molar-refractivity contribution in [2.45, 2.75) is 26.3 Å². The van der Waals surface area contributed by atoms with Crippen LogP contribution in [0.25, 0.3) is 0 Å². The maximum Gasteiger partial charge on any atom is 0.0429 e. The summed E-state index contributed by atoms with van der Waals surface area (Å²) < 4.78 is 0. The van der Waals surface area contributed by atoms with Gasteiger partial charge in [-0.15, -0.1) is 0 Å². The Morgan fingerprint density at radius 1 is 1.38 bits per heavy atom. The Morgan fingerprint density at radius 3 is 2.69 bits per heavy atom. The van der Waals surface area contributed by atoms with Crippen molar-refractivity contribution in [1.82, 2.24) is 4.90 Å². The highest BCUT2D eigenvalue weighted by atomic mass is 15.2. The first-order valence-corrected chi connectivity index (χ1v) is 6.23. The van der Waals surface area contributed by atoms with E-state index >= 15 is 0 Å². The van der Waals surface area contributed by atoms with Gasteiger partial charge in [-0.05, 0) is 45.5 Å². The van der Waals surface area contributed by atoms with Gasteiger partial charge >= 0.3 is 0 Å². The van der Waals surface area contributed by atoms with Crippen molar-refractivity contribution >= 4 is 5.69 Å². The lowest BCUT2D eigenvalue weighted by atomic mass is 10.1. The Hall–Kier alpha value is -1.02. The largest absolute Gasteiger partial charge is 0.367 e. The summed E-state index contributed by atoms with van der Waals surface area (Å²) in [7, 11) is 2.21. The monoisotopic (exact) mass is 218 g/mol. The first-order chi connectivity index (χ1) is 7.72. The summed E-state index contributed by atoms with van der Waals surface area (Å²) in [6.45, 7) is 7.99. The van der Waals surface area contributed by atoms with Gasteiger partial charge in [0.1, 0.15) is 0 Å². The average molecular weight is 218 g/mol. The number of rotatable bonds is 3. The topological polar surface area (TPSA) is 6.48 Å². The zero-order chi connectivity index (χ0) is 11.5. The molecule has 2 rings (SSSR count). The number of para-hydroxylation sites is 1. The van der Waals surface area contributed by atoms with Crippen LogP contribution in [0.1, 0.15) is 18.9 Å². The van der Waals surface area contributed by atoms with Crippen molar-refractivity contribution in [3.05, 3.63) is 29.8 Å². The van der Waals surface area contributed by atoms with E-state index in [9.17, 15) is 0 Å². The molecule has 1 saturated heterocycles. The maximum absolute atomic E-state index is 2.55. The van der Waals surface area contributed by atoms with Crippen molar-refractivity contribution in [2.75, 3.05) is 31.6 Å². The van der Waals surface area contributed by atoms with E-state index in [-0.39, 0.29) is 0 Å². The highest BCUT2D eigenvalue weighted by Crippen LogP contribution is 2.25. The molecule has 0 saturated carbocycles. The summed E-state index contributed by atoms with van der Waals surface area (Å²) >= 11 is 0. The molecule has 0 spiro atoms. The van der Waals surface area contributed by atoms with Gasteiger partial charge in [-0.3, -0.25) is 0 Å². The van der Waals surface area contributed by atoms with Crippen molar-refractivity contribution in [3.63, 3.8) is 0 Å². The number of anilines is 1. The van der Waals surface area contributed by atoms with Gasteiger partial charge in [-0.25, -0.2) is 0 Å². The smallest absolute Gasteiger partial charge is 0.0429 e. The van der Waals surface area contributed by atoms with Gasteiger partial charge in [0.25, 0.3) is 0 Å². The third kappa shape index (κ3) is 2.22. The van der Waals surface area contributed by atoms with Crippen LogP contribution in [0.3, 0.4) is 0 Å². The summed E-state index contributed by atoms with van der Waals surface area (Å²) in [4.78, 5) is 4.98. The molecule has 2 nitrogen and oxygen atoms in total. The van der Waals surface area contributed by atoms with Gasteiger partial charge in [-0.2, -0.15) is 0 Å². The molecule has 1 fully saturated rings. The Balaban J connectivity index is 2.19. The van der Waals surface area contributed by atoms with E-state index in [4.69, 9.17) is 0 Å². The quantitative estimate of drug-likeness (QED) is 0.769. The van der Waals surface area contributed by atoms with Crippen LogP contribution in [0.5, 0.6) is 0 Å². The Morgan fingerprint density at radius 2 is 2.12 bits per heavy atom. The summed E-state index contributed by atoms with van der Waals surface area (Å²) in [6.07, 6.45) is 1.29. The molecule has 2 heteroatoms. The minimum Gasteiger partial charge on any atom is -0.367 e. The molecule has 0 aliphatic carbocycles. The molecule has 0 amide bonds. The molecule has 16 heavy (non-hydrogen) atoms. The fraction of sp³-hybridized carbons (Fsp3) is 0.571. The Bertz CT molecular complexity index is 348. The van der Waals surface area contributed by atoms with Crippen LogP contribution >= 0.6 is 0 Å². The number of likely N-dealkylation sites (tertiary alicyclic amines) is 1. The SMILES string of the molecule is CCN(c1ccccc1C)C1CCN(C)C1. The number of hydrogen-bond acceptors (Lipinski definition) is 2. The maximum atomic E-state index is 2.55. The van der Waals surface area contributed by atoms with Gasteiger partial charge in [-0.1, -0.05) is 18.2 Å². The number of benzene rings is 1. The van der Waals surface area contributed by atoms with E-state index in [0.717, 1.165) is 6.54 Å². The van der Waals surface area contributed by atoms with E-state index in [1.165, 1.54) is 30.8 Å². The van der Waals surface area contributed by atoms with Crippen molar-refractivity contribution in [2.24, 2.45) is 0 Å². The lowest BCUT2D eigenvalue weighted by molar-refractivity contribution is 0.408. The predicted molar refractivity (Wildman–Crippen MR) is 70.1 cm³/mol. The Kier molecular flexibility index (Phi) is 3.49. The molecule has 1 atom stereocenters. The van der Waals surface area contributed by atoms with E-state index < -0.39 is 0 Å². The zero-order valence-corrected chi connectivity index (χ0v) is 10.6. The average Bonchev–Trinajstić information content (AvgIpc) is 2.69. The van der Waals surface area contributed by atoms with Crippen LogP contribution in [-0.4, -0.2) is 37.6 Å². The van der Waals surface area contributed by atoms with Crippen molar-refractivity contribution in [1.29, 1.82) is 0 Å². The summed E-state index contributed by atoms with van der Waals surface area (Å²) in [6, 6.07) is 9.40. The molecule has 0 radical (unpaired) electrons. The molecule has 88 valence electrons. The lowest BCUT2D eigenvalue weighted by Gasteiger charge is -2.31. The Labute approximate surface area is 98.9 Å². The third-order valence-corrected chi connectivity index (χ3v) is 3.57. The highest BCUT2D eigenvalue weighted by molar-refractivity contribution is 5.53. The molecule has 1 unspecified atom stereocenters. The molecular formula is C14H22N2. The molecule has 0 aromatic heterocycles. The third-order valence-electron chi connectivity index (χ3n) is 3.57. The van der Waals surface area contributed by atoms with Crippen LogP contribution in [0, 0.1) is 6.92 Å². The van der Waals surface area contributed by atoms with E-state index in [1.807, 2.05) is 0 Å². The lowest BCUT2D eigenvalue weighted by Crippen LogP contribution is -2.37. The molecule has 1 heterocycles. The minimum atomic E-state index is 0.691. The van der Waals surface area contributed by atoms with Gasteiger partial charge < -0.3 is 9.80 Å². The second-order valence-electron chi connectivity index (χ2n) is 4.78. The molecule has 1 aliphatic rings. The number of hydrogen-bond donors (Lipinski definition) is 0. The summed E-state index contributed by atoms with van der Waals surface area (Å²) in [5.41, 5.74) is 2.80. The van der Waals surface area contributed by atoms with Crippen LogP contribution in [0.4, 0.5) is 5.69 Å². The van der Waals surface area contributed by atoms with E-state index in [2.05, 4.69) is 55.0 Å². The molecule has 0 N–H and O–H groups in total. The van der Waals surface area contributed by atoms with Gasteiger partial charge in [0, 0.05) is 24.8 Å². The first kappa shape index (κ1) is 11.5.